The van der Waals surface area contributed by atoms with Crippen molar-refractivity contribution in [2.45, 2.75) is 6.92 Å². The minimum atomic E-state index is 0.0144. The number of nitrogens with zero attached hydrogens (tertiary/aromatic N) is 1. The Morgan fingerprint density at radius 3 is 2.76 bits per heavy atom. The lowest BCUT2D eigenvalue weighted by Crippen LogP contribution is -2.30. The van der Waals surface area contributed by atoms with E-state index < -0.39 is 0 Å². The van der Waals surface area contributed by atoms with Gasteiger partial charge in [-0.25, -0.2) is 0 Å². The Bertz CT molecular complexity index is 794. The van der Waals surface area contributed by atoms with Gasteiger partial charge in [-0.15, -0.1) is 11.3 Å². The van der Waals surface area contributed by atoms with E-state index in [1.807, 2.05) is 60.8 Å². The number of amides is 1. The first kappa shape index (κ1) is 13.6. The SMILES string of the molecule is CCN(C(=O)c1csc2ccccc12)c1cccc(N)c1. The van der Waals surface area contributed by atoms with Crippen molar-refractivity contribution in [3.8, 4) is 0 Å². The molecule has 0 fully saturated rings. The van der Waals surface area contributed by atoms with E-state index >= 15 is 0 Å². The molecule has 3 rings (SSSR count). The molecule has 2 N–H and O–H groups in total. The Balaban J connectivity index is 2.03. The minimum absolute atomic E-state index is 0.0144. The second-order valence-corrected chi connectivity index (χ2v) is 5.70. The smallest absolute Gasteiger partial charge is 0.259 e. The van der Waals surface area contributed by atoms with Gasteiger partial charge in [0.05, 0.1) is 5.56 Å². The van der Waals surface area contributed by atoms with Crippen LogP contribution in [0.4, 0.5) is 11.4 Å². The van der Waals surface area contributed by atoms with Crippen LogP contribution in [-0.4, -0.2) is 12.5 Å². The first-order valence-electron chi connectivity index (χ1n) is 6.84. The number of anilines is 2. The lowest BCUT2D eigenvalue weighted by Gasteiger charge is -2.21. The van der Waals surface area contributed by atoms with E-state index in [1.54, 1.807) is 16.2 Å². The first-order chi connectivity index (χ1) is 10.2. The molecule has 2 aromatic carbocycles. The zero-order valence-corrected chi connectivity index (χ0v) is 12.6. The molecule has 3 aromatic rings. The molecule has 0 aliphatic rings. The van der Waals surface area contributed by atoms with E-state index in [9.17, 15) is 4.79 Å². The lowest BCUT2D eigenvalue weighted by molar-refractivity contribution is 0.0990. The normalized spacial score (nSPS) is 10.7. The fourth-order valence-corrected chi connectivity index (χ4v) is 3.36. The number of fused-ring (bicyclic) bond motifs is 1. The average Bonchev–Trinajstić information content (AvgIpc) is 2.92. The highest BCUT2D eigenvalue weighted by Crippen LogP contribution is 2.28. The van der Waals surface area contributed by atoms with Crippen LogP contribution in [0.1, 0.15) is 17.3 Å². The Morgan fingerprint density at radius 1 is 1.19 bits per heavy atom. The molecule has 21 heavy (non-hydrogen) atoms. The Labute approximate surface area is 127 Å². The largest absolute Gasteiger partial charge is 0.399 e. The number of nitrogens with two attached hydrogens (primary N) is 1. The van der Waals surface area contributed by atoms with Crippen molar-refractivity contribution >= 4 is 38.7 Å². The highest BCUT2D eigenvalue weighted by molar-refractivity contribution is 7.17. The highest BCUT2D eigenvalue weighted by atomic mass is 32.1. The van der Waals surface area contributed by atoms with Crippen LogP contribution in [0.2, 0.25) is 0 Å². The predicted octanol–water partition coefficient (Wildman–Crippen LogP) is 4.15. The molecular formula is C17H16N2OS. The number of carbonyl (C=O) groups excluding carboxylic acids is 1. The number of nitrogen functional groups attached to an aromatic ring is 1. The van der Waals surface area contributed by atoms with Crippen LogP contribution in [0.15, 0.2) is 53.9 Å². The zero-order valence-electron chi connectivity index (χ0n) is 11.7. The van der Waals surface area contributed by atoms with E-state index in [0.29, 0.717) is 12.2 Å². The van der Waals surface area contributed by atoms with Crippen LogP contribution in [0, 0.1) is 0 Å². The number of hydrogen-bond acceptors (Lipinski definition) is 3. The third kappa shape index (κ3) is 2.50. The fourth-order valence-electron chi connectivity index (χ4n) is 2.42. The average molecular weight is 296 g/mol. The van der Waals surface area contributed by atoms with Gasteiger partial charge in [-0.3, -0.25) is 4.79 Å². The second-order valence-electron chi connectivity index (χ2n) is 4.79. The molecule has 3 nitrogen and oxygen atoms in total. The van der Waals surface area contributed by atoms with Crippen LogP contribution in [-0.2, 0) is 0 Å². The molecule has 0 spiro atoms. The molecule has 0 saturated carbocycles. The summed E-state index contributed by atoms with van der Waals surface area (Å²) in [5.41, 5.74) is 8.07. The second kappa shape index (κ2) is 5.58. The van der Waals surface area contributed by atoms with Gasteiger partial charge in [0.2, 0.25) is 0 Å². The van der Waals surface area contributed by atoms with Gasteiger partial charge in [-0.05, 0) is 31.2 Å². The molecule has 1 amide bonds. The van der Waals surface area contributed by atoms with Gasteiger partial charge in [0.25, 0.3) is 5.91 Å². The maximum absolute atomic E-state index is 12.9. The molecule has 1 heterocycles. The van der Waals surface area contributed by atoms with E-state index in [-0.39, 0.29) is 5.91 Å². The van der Waals surface area contributed by atoms with Crippen LogP contribution in [0.25, 0.3) is 10.1 Å². The summed E-state index contributed by atoms with van der Waals surface area (Å²) in [5, 5.41) is 2.94. The Hall–Kier alpha value is -2.33. The highest BCUT2D eigenvalue weighted by Gasteiger charge is 2.19. The molecular weight excluding hydrogens is 280 g/mol. The summed E-state index contributed by atoms with van der Waals surface area (Å²) in [4.78, 5) is 14.6. The van der Waals surface area contributed by atoms with E-state index in [2.05, 4.69) is 0 Å². The molecule has 1 aromatic heterocycles. The standard InChI is InChI=1S/C17H16N2OS/c1-2-19(13-7-5-6-12(18)10-13)17(20)15-11-21-16-9-4-3-8-14(15)16/h3-11H,2,18H2,1H3. The van der Waals surface area contributed by atoms with Gasteiger partial charge in [0.1, 0.15) is 0 Å². The quantitative estimate of drug-likeness (QED) is 0.738. The van der Waals surface area contributed by atoms with Crippen molar-refractivity contribution in [1.29, 1.82) is 0 Å². The van der Waals surface area contributed by atoms with Gasteiger partial charge in [-0.2, -0.15) is 0 Å². The van der Waals surface area contributed by atoms with E-state index in [4.69, 9.17) is 5.73 Å². The number of thiophene rings is 1. The number of hydrogen-bond donors (Lipinski definition) is 1. The van der Waals surface area contributed by atoms with Crippen molar-refractivity contribution in [1.82, 2.24) is 0 Å². The van der Waals surface area contributed by atoms with Crippen LogP contribution < -0.4 is 10.6 Å². The Kier molecular flexibility index (Phi) is 3.62. The predicted molar refractivity (Wildman–Crippen MR) is 90.0 cm³/mol. The summed E-state index contributed by atoms with van der Waals surface area (Å²) in [5.74, 6) is 0.0144. The summed E-state index contributed by atoms with van der Waals surface area (Å²) in [7, 11) is 0. The topological polar surface area (TPSA) is 46.3 Å². The molecule has 0 atom stereocenters. The zero-order chi connectivity index (χ0) is 14.8. The molecule has 4 heteroatoms. The molecule has 0 radical (unpaired) electrons. The van der Waals surface area contributed by atoms with Crippen molar-refractivity contribution in [3.63, 3.8) is 0 Å². The van der Waals surface area contributed by atoms with Crippen LogP contribution >= 0.6 is 11.3 Å². The van der Waals surface area contributed by atoms with Gasteiger partial charge in [0, 0.05) is 33.4 Å². The fraction of sp³-hybridized carbons (Fsp3) is 0.118. The maximum Gasteiger partial charge on any atom is 0.259 e. The van der Waals surface area contributed by atoms with Crippen molar-refractivity contribution in [2.24, 2.45) is 0 Å². The number of rotatable bonds is 3. The summed E-state index contributed by atoms with van der Waals surface area (Å²) < 4.78 is 1.13. The third-order valence-electron chi connectivity index (χ3n) is 3.45. The summed E-state index contributed by atoms with van der Waals surface area (Å²) in [6.45, 7) is 2.57. The van der Waals surface area contributed by atoms with Crippen molar-refractivity contribution in [3.05, 3.63) is 59.5 Å². The van der Waals surface area contributed by atoms with Gasteiger partial charge < -0.3 is 10.6 Å². The monoisotopic (exact) mass is 296 g/mol. The summed E-state index contributed by atoms with van der Waals surface area (Å²) >= 11 is 1.60. The molecule has 0 saturated heterocycles. The van der Waals surface area contributed by atoms with Crippen molar-refractivity contribution in [2.75, 3.05) is 17.2 Å². The van der Waals surface area contributed by atoms with E-state index in [1.165, 1.54) is 0 Å². The minimum Gasteiger partial charge on any atom is -0.399 e. The van der Waals surface area contributed by atoms with E-state index in [0.717, 1.165) is 21.3 Å². The molecule has 0 aliphatic carbocycles. The Morgan fingerprint density at radius 2 is 2.00 bits per heavy atom. The molecule has 0 bridgehead atoms. The molecule has 0 aliphatic heterocycles. The van der Waals surface area contributed by atoms with Crippen LogP contribution in [0.5, 0.6) is 0 Å². The van der Waals surface area contributed by atoms with Gasteiger partial charge in [0.15, 0.2) is 0 Å². The van der Waals surface area contributed by atoms with Crippen LogP contribution in [0.3, 0.4) is 0 Å². The summed E-state index contributed by atoms with van der Waals surface area (Å²) in [6.07, 6.45) is 0. The molecule has 106 valence electrons. The maximum atomic E-state index is 12.9. The van der Waals surface area contributed by atoms with Crippen molar-refractivity contribution < 1.29 is 4.79 Å². The summed E-state index contributed by atoms with van der Waals surface area (Å²) in [6, 6.07) is 15.4. The number of benzene rings is 2. The first-order valence-corrected chi connectivity index (χ1v) is 7.72. The third-order valence-corrected chi connectivity index (χ3v) is 4.42. The number of carbonyl (C=O) groups is 1. The molecule has 0 unspecified atom stereocenters. The van der Waals surface area contributed by atoms with Gasteiger partial charge >= 0.3 is 0 Å². The lowest BCUT2D eigenvalue weighted by atomic mass is 10.1. The van der Waals surface area contributed by atoms with Gasteiger partial charge in [-0.1, -0.05) is 24.3 Å².